The fraction of sp³-hybridized carbons (Fsp3) is 0.259. The highest BCUT2D eigenvalue weighted by Crippen LogP contribution is 2.22. The van der Waals surface area contributed by atoms with Gasteiger partial charge in [-0.2, -0.15) is 0 Å². The van der Waals surface area contributed by atoms with Gasteiger partial charge >= 0.3 is 0 Å². The number of nitrogens with zero attached hydrogens (tertiary/aromatic N) is 3. The molecule has 0 atom stereocenters. The maximum absolute atomic E-state index is 13.2. The van der Waals surface area contributed by atoms with Crippen LogP contribution in [-0.2, 0) is 0 Å². The average molecular weight is 442 g/mol. The molecule has 0 N–H and O–H groups in total. The van der Waals surface area contributed by atoms with Gasteiger partial charge in [0.25, 0.3) is 5.91 Å². The molecule has 2 aromatic carbocycles. The number of piperazine rings is 1. The van der Waals surface area contributed by atoms with Gasteiger partial charge in [-0.05, 0) is 48.9 Å². The Balaban J connectivity index is 1.49. The lowest BCUT2D eigenvalue weighted by molar-refractivity contribution is 0.0746. The molecule has 1 saturated heterocycles. The summed E-state index contributed by atoms with van der Waals surface area (Å²) >= 11 is 0. The molecule has 0 spiro atoms. The van der Waals surface area contributed by atoms with Crippen LogP contribution in [0.15, 0.2) is 60.8 Å². The monoisotopic (exact) mass is 441 g/mol. The third kappa shape index (κ3) is 5.27. The van der Waals surface area contributed by atoms with E-state index in [1.807, 2.05) is 66.4 Å². The first-order valence-corrected chi connectivity index (χ1v) is 10.9. The molecule has 1 aliphatic rings. The number of methoxy groups -OCH3 is 2. The summed E-state index contributed by atoms with van der Waals surface area (Å²) in [5.41, 5.74) is 3.29. The van der Waals surface area contributed by atoms with Crippen molar-refractivity contribution in [3.8, 4) is 23.3 Å². The van der Waals surface area contributed by atoms with Gasteiger partial charge in [0.1, 0.15) is 17.3 Å². The first kappa shape index (κ1) is 22.2. The van der Waals surface area contributed by atoms with Crippen LogP contribution in [0, 0.1) is 18.8 Å². The lowest BCUT2D eigenvalue weighted by Gasteiger charge is -2.35. The van der Waals surface area contributed by atoms with Crippen molar-refractivity contribution in [2.24, 2.45) is 0 Å². The second-order valence-electron chi connectivity index (χ2n) is 7.85. The average Bonchev–Trinajstić information content (AvgIpc) is 2.88. The summed E-state index contributed by atoms with van der Waals surface area (Å²) in [7, 11) is 3.22. The van der Waals surface area contributed by atoms with Gasteiger partial charge in [0.2, 0.25) is 0 Å². The number of benzene rings is 2. The quantitative estimate of drug-likeness (QED) is 0.577. The summed E-state index contributed by atoms with van der Waals surface area (Å²) in [4.78, 5) is 21.7. The molecule has 0 saturated carbocycles. The number of aromatic nitrogens is 1. The van der Waals surface area contributed by atoms with Crippen molar-refractivity contribution in [3.05, 3.63) is 83.0 Å². The number of ether oxygens (including phenoxy) is 2. The van der Waals surface area contributed by atoms with Crippen LogP contribution in [-0.4, -0.2) is 56.2 Å². The minimum absolute atomic E-state index is 0.0294. The minimum atomic E-state index is 0.0294. The Kier molecular flexibility index (Phi) is 6.80. The summed E-state index contributed by atoms with van der Waals surface area (Å²) in [5, 5.41) is 0. The summed E-state index contributed by atoms with van der Waals surface area (Å²) < 4.78 is 10.6. The first-order valence-electron chi connectivity index (χ1n) is 10.9. The summed E-state index contributed by atoms with van der Waals surface area (Å²) in [5.74, 6) is 8.73. The molecular formula is C27H27N3O3. The number of amides is 1. The van der Waals surface area contributed by atoms with Crippen LogP contribution in [0.3, 0.4) is 0 Å². The van der Waals surface area contributed by atoms with E-state index in [4.69, 9.17) is 9.47 Å². The fourth-order valence-electron chi connectivity index (χ4n) is 3.77. The number of rotatable bonds is 4. The Morgan fingerprint density at radius 3 is 2.27 bits per heavy atom. The van der Waals surface area contributed by atoms with Crippen LogP contribution in [0.25, 0.3) is 0 Å². The van der Waals surface area contributed by atoms with Gasteiger partial charge in [-0.15, -0.1) is 0 Å². The third-order valence-electron chi connectivity index (χ3n) is 5.72. The van der Waals surface area contributed by atoms with Crippen LogP contribution in [0.1, 0.15) is 27.0 Å². The van der Waals surface area contributed by atoms with Crippen LogP contribution < -0.4 is 14.4 Å². The van der Waals surface area contributed by atoms with E-state index < -0.39 is 0 Å². The van der Waals surface area contributed by atoms with E-state index in [1.54, 1.807) is 20.4 Å². The standard InChI is InChI=1S/C27H27N3O3/c1-20-7-9-23(18-22(20)10-8-21-16-24(32-2)19-25(17-21)33-3)27(31)30-14-12-29(13-15-30)26-6-4-5-11-28-26/h4-7,9,11,16-19H,12-15H2,1-3H3. The number of anilines is 1. The Bertz CT molecular complexity index is 1170. The third-order valence-corrected chi connectivity index (χ3v) is 5.72. The number of carbonyl (C=O) groups is 1. The van der Waals surface area contributed by atoms with Gasteiger partial charge in [0, 0.05) is 55.1 Å². The van der Waals surface area contributed by atoms with Crippen LogP contribution in [0.2, 0.25) is 0 Å². The molecule has 4 rings (SSSR count). The second-order valence-corrected chi connectivity index (χ2v) is 7.85. The number of aryl methyl sites for hydroxylation is 1. The molecule has 0 unspecified atom stereocenters. The minimum Gasteiger partial charge on any atom is -0.497 e. The zero-order valence-corrected chi connectivity index (χ0v) is 19.2. The molecule has 33 heavy (non-hydrogen) atoms. The van der Waals surface area contributed by atoms with E-state index >= 15 is 0 Å². The Morgan fingerprint density at radius 2 is 1.64 bits per heavy atom. The van der Waals surface area contributed by atoms with Crippen LogP contribution in [0.4, 0.5) is 5.82 Å². The van der Waals surface area contributed by atoms with Crippen molar-refractivity contribution in [3.63, 3.8) is 0 Å². The second kappa shape index (κ2) is 10.1. The highest BCUT2D eigenvalue weighted by atomic mass is 16.5. The summed E-state index contributed by atoms with van der Waals surface area (Å²) in [6.45, 7) is 4.84. The smallest absolute Gasteiger partial charge is 0.254 e. The van der Waals surface area contributed by atoms with Gasteiger partial charge in [-0.25, -0.2) is 4.98 Å². The van der Waals surface area contributed by atoms with Crippen molar-refractivity contribution >= 4 is 11.7 Å². The Morgan fingerprint density at radius 1 is 0.909 bits per heavy atom. The van der Waals surface area contributed by atoms with Crippen molar-refractivity contribution in [1.82, 2.24) is 9.88 Å². The topological polar surface area (TPSA) is 54.9 Å². The highest BCUT2D eigenvalue weighted by molar-refractivity contribution is 5.95. The fourth-order valence-corrected chi connectivity index (χ4v) is 3.77. The molecule has 0 bridgehead atoms. The zero-order valence-electron chi connectivity index (χ0n) is 19.2. The van der Waals surface area contributed by atoms with E-state index in [2.05, 4.69) is 21.7 Å². The van der Waals surface area contributed by atoms with Crippen molar-refractivity contribution < 1.29 is 14.3 Å². The van der Waals surface area contributed by atoms with Gasteiger partial charge in [-0.1, -0.05) is 24.0 Å². The normalized spacial score (nSPS) is 13.2. The number of hydrogen-bond donors (Lipinski definition) is 0. The van der Waals surface area contributed by atoms with Gasteiger partial charge in [0.15, 0.2) is 0 Å². The Hall–Kier alpha value is -3.98. The largest absolute Gasteiger partial charge is 0.497 e. The number of hydrogen-bond acceptors (Lipinski definition) is 5. The van der Waals surface area contributed by atoms with Gasteiger partial charge < -0.3 is 19.3 Å². The molecule has 6 nitrogen and oxygen atoms in total. The van der Waals surface area contributed by atoms with E-state index in [0.717, 1.165) is 35.6 Å². The predicted molar refractivity (Wildman–Crippen MR) is 129 cm³/mol. The van der Waals surface area contributed by atoms with Crippen molar-refractivity contribution in [2.75, 3.05) is 45.3 Å². The molecule has 0 radical (unpaired) electrons. The molecule has 3 aromatic rings. The molecule has 1 fully saturated rings. The van der Waals surface area contributed by atoms with E-state index in [1.165, 1.54) is 0 Å². The maximum atomic E-state index is 13.2. The molecule has 1 aliphatic heterocycles. The molecule has 1 amide bonds. The number of carbonyl (C=O) groups excluding carboxylic acids is 1. The first-order chi connectivity index (χ1) is 16.1. The number of pyridine rings is 1. The summed E-state index contributed by atoms with van der Waals surface area (Å²) in [6, 6.07) is 17.1. The molecule has 6 heteroatoms. The zero-order chi connectivity index (χ0) is 23.2. The summed E-state index contributed by atoms with van der Waals surface area (Å²) in [6.07, 6.45) is 1.79. The predicted octanol–water partition coefficient (Wildman–Crippen LogP) is 3.77. The van der Waals surface area contributed by atoms with Crippen LogP contribution >= 0.6 is 0 Å². The van der Waals surface area contributed by atoms with Crippen molar-refractivity contribution in [1.29, 1.82) is 0 Å². The molecule has 168 valence electrons. The molecule has 1 aromatic heterocycles. The van der Waals surface area contributed by atoms with E-state index in [0.29, 0.717) is 30.2 Å². The van der Waals surface area contributed by atoms with E-state index in [-0.39, 0.29) is 5.91 Å². The SMILES string of the molecule is COc1cc(C#Cc2cc(C(=O)N3CCN(c4ccccn4)CC3)ccc2C)cc(OC)c1. The van der Waals surface area contributed by atoms with Crippen molar-refractivity contribution in [2.45, 2.75) is 6.92 Å². The maximum Gasteiger partial charge on any atom is 0.254 e. The molecular weight excluding hydrogens is 414 g/mol. The lowest BCUT2D eigenvalue weighted by Crippen LogP contribution is -2.49. The van der Waals surface area contributed by atoms with Gasteiger partial charge in [0.05, 0.1) is 14.2 Å². The van der Waals surface area contributed by atoms with E-state index in [9.17, 15) is 4.79 Å². The molecule has 2 heterocycles. The van der Waals surface area contributed by atoms with Crippen LogP contribution in [0.5, 0.6) is 11.5 Å². The Labute approximate surface area is 194 Å². The molecule has 0 aliphatic carbocycles. The highest BCUT2D eigenvalue weighted by Gasteiger charge is 2.23. The van der Waals surface area contributed by atoms with Gasteiger partial charge in [-0.3, -0.25) is 4.79 Å². The lowest BCUT2D eigenvalue weighted by atomic mass is 10.0.